The summed E-state index contributed by atoms with van der Waals surface area (Å²) in [6, 6.07) is 64.3. The van der Waals surface area contributed by atoms with Crippen LogP contribution in [0.1, 0.15) is 22.6 Å². The maximum atomic E-state index is 6.86. The fourth-order valence-electron chi connectivity index (χ4n) is 8.90. The summed E-state index contributed by atoms with van der Waals surface area (Å²) in [5, 5.41) is 4.68. The highest BCUT2D eigenvalue weighted by Crippen LogP contribution is 2.51. The fourth-order valence-corrected chi connectivity index (χ4v) is 10.2. The molecule has 3 heterocycles. The van der Waals surface area contributed by atoms with Crippen molar-refractivity contribution in [1.29, 1.82) is 0 Å². The predicted molar refractivity (Wildman–Crippen MR) is 235 cm³/mol. The van der Waals surface area contributed by atoms with Crippen LogP contribution < -0.4 is 0 Å². The van der Waals surface area contributed by atoms with Crippen LogP contribution in [-0.4, -0.2) is 15.0 Å². The summed E-state index contributed by atoms with van der Waals surface area (Å²) in [6.07, 6.45) is 0. The third-order valence-electron chi connectivity index (χ3n) is 11.4. The standard InChI is InChI=1S/C52H31N3OS/c1-3-14-31(15-4-1)50-53-51(32-16-5-2-6-17-32)55-52(54-50)43-26-11-23-40-37-29-28-33(30-45(37)57-49(40)43)34-22-13-27-44-47(34)42-25-12-24-41(48(42)56-44)46-38-20-9-7-18-35(38)36-19-8-10-21-39(36)46/h1-30,46H. The van der Waals surface area contributed by atoms with Gasteiger partial charge in [0.05, 0.1) is 0 Å². The normalized spacial score (nSPS) is 12.5. The molecule has 12 rings (SSSR count). The van der Waals surface area contributed by atoms with Gasteiger partial charge in [-0.25, -0.2) is 15.0 Å². The van der Waals surface area contributed by atoms with Crippen molar-refractivity contribution in [2.45, 2.75) is 5.92 Å². The minimum Gasteiger partial charge on any atom is -0.456 e. The Balaban J connectivity index is 1.01. The lowest BCUT2D eigenvalue weighted by molar-refractivity contribution is 0.661. The van der Waals surface area contributed by atoms with Crippen molar-refractivity contribution in [2.75, 3.05) is 0 Å². The second-order valence-corrected chi connectivity index (χ2v) is 15.7. The van der Waals surface area contributed by atoms with E-state index in [2.05, 4.69) is 121 Å². The summed E-state index contributed by atoms with van der Waals surface area (Å²) in [6.45, 7) is 0. The first-order valence-electron chi connectivity index (χ1n) is 19.2. The third kappa shape index (κ3) is 5.03. The number of rotatable bonds is 5. The molecular weight excluding hydrogens is 715 g/mol. The Labute approximate surface area is 332 Å². The molecule has 0 radical (unpaired) electrons. The van der Waals surface area contributed by atoms with Gasteiger partial charge in [-0.1, -0.05) is 164 Å². The van der Waals surface area contributed by atoms with E-state index in [1.54, 1.807) is 11.3 Å². The smallest absolute Gasteiger partial charge is 0.165 e. The lowest BCUT2D eigenvalue weighted by Gasteiger charge is -2.14. The Morgan fingerprint density at radius 3 is 1.68 bits per heavy atom. The van der Waals surface area contributed by atoms with Gasteiger partial charge in [0.2, 0.25) is 0 Å². The maximum Gasteiger partial charge on any atom is 0.165 e. The van der Waals surface area contributed by atoms with Crippen molar-refractivity contribution in [3.8, 4) is 56.4 Å². The van der Waals surface area contributed by atoms with Gasteiger partial charge in [0.1, 0.15) is 11.2 Å². The van der Waals surface area contributed by atoms with Crippen LogP contribution in [-0.2, 0) is 0 Å². The summed E-state index contributed by atoms with van der Waals surface area (Å²) >= 11 is 1.79. The molecule has 1 aliphatic carbocycles. The first kappa shape index (κ1) is 32.1. The summed E-state index contributed by atoms with van der Waals surface area (Å²) < 4.78 is 9.22. The quantitative estimate of drug-likeness (QED) is 0.176. The number of fused-ring (bicyclic) bond motifs is 9. The number of hydrogen-bond acceptors (Lipinski definition) is 5. The molecule has 0 N–H and O–H groups in total. The van der Waals surface area contributed by atoms with E-state index in [1.165, 1.54) is 43.3 Å². The van der Waals surface area contributed by atoms with Crippen LogP contribution in [0, 0.1) is 0 Å². The molecule has 1 aliphatic rings. The molecule has 0 aliphatic heterocycles. The molecule has 4 nitrogen and oxygen atoms in total. The molecule has 57 heavy (non-hydrogen) atoms. The minimum absolute atomic E-state index is 0.103. The van der Waals surface area contributed by atoms with Crippen molar-refractivity contribution in [1.82, 2.24) is 15.0 Å². The summed E-state index contributed by atoms with van der Waals surface area (Å²) in [5.74, 6) is 2.08. The van der Waals surface area contributed by atoms with E-state index in [0.717, 1.165) is 54.5 Å². The number of thiophene rings is 1. The Morgan fingerprint density at radius 2 is 0.965 bits per heavy atom. The largest absolute Gasteiger partial charge is 0.456 e. The minimum atomic E-state index is 0.103. The second-order valence-electron chi connectivity index (χ2n) is 14.6. The number of benzene rings is 8. The zero-order valence-electron chi connectivity index (χ0n) is 30.6. The summed E-state index contributed by atoms with van der Waals surface area (Å²) in [7, 11) is 0. The van der Waals surface area contributed by atoms with Crippen molar-refractivity contribution in [3.63, 3.8) is 0 Å². The van der Waals surface area contributed by atoms with Crippen LogP contribution >= 0.6 is 11.3 Å². The Kier molecular flexibility index (Phi) is 7.13. The van der Waals surface area contributed by atoms with Gasteiger partial charge < -0.3 is 4.42 Å². The molecule has 5 heteroatoms. The molecule has 0 unspecified atom stereocenters. The molecule has 0 spiro atoms. The number of para-hydroxylation sites is 1. The van der Waals surface area contributed by atoms with Crippen LogP contribution in [0.5, 0.6) is 0 Å². The van der Waals surface area contributed by atoms with Gasteiger partial charge in [0.15, 0.2) is 17.5 Å². The van der Waals surface area contributed by atoms with Crippen molar-refractivity contribution in [2.24, 2.45) is 0 Å². The van der Waals surface area contributed by atoms with E-state index in [0.29, 0.717) is 17.5 Å². The molecule has 8 aromatic carbocycles. The Hall–Kier alpha value is -7.21. The van der Waals surface area contributed by atoms with Gasteiger partial charge in [0.25, 0.3) is 0 Å². The number of nitrogens with zero attached hydrogens (tertiary/aromatic N) is 3. The molecule has 0 bridgehead atoms. The number of furan rings is 1. The SMILES string of the molecule is c1ccc(-c2nc(-c3ccccc3)nc(-c3cccc4c3sc3cc(-c5cccc6oc7c(C8c9ccccc9-c9ccccc98)cccc7c56)ccc34)n2)cc1. The molecular formula is C52H31N3OS. The molecule has 0 saturated heterocycles. The van der Waals surface area contributed by atoms with E-state index in [9.17, 15) is 0 Å². The lowest BCUT2D eigenvalue weighted by Crippen LogP contribution is -2.00. The molecule has 0 atom stereocenters. The topological polar surface area (TPSA) is 51.8 Å². The highest BCUT2D eigenvalue weighted by atomic mass is 32.1. The van der Waals surface area contributed by atoms with Gasteiger partial charge in [-0.2, -0.15) is 0 Å². The maximum absolute atomic E-state index is 6.86. The predicted octanol–water partition coefficient (Wildman–Crippen LogP) is 14.0. The van der Waals surface area contributed by atoms with E-state index in [-0.39, 0.29) is 5.92 Å². The van der Waals surface area contributed by atoms with Gasteiger partial charge in [-0.15, -0.1) is 11.3 Å². The zero-order valence-corrected chi connectivity index (χ0v) is 31.4. The van der Waals surface area contributed by atoms with Gasteiger partial charge in [-0.3, -0.25) is 0 Å². The summed E-state index contributed by atoms with van der Waals surface area (Å²) in [4.78, 5) is 15.1. The molecule has 11 aromatic rings. The first-order valence-corrected chi connectivity index (χ1v) is 20.0. The number of aromatic nitrogens is 3. The summed E-state index contributed by atoms with van der Waals surface area (Å²) in [5.41, 5.74) is 13.5. The molecule has 0 saturated carbocycles. The zero-order chi connectivity index (χ0) is 37.5. The molecule has 0 amide bonds. The van der Waals surface area contributed by atoms with Gasteiger partial charge in [0, 0.05) is 59.1 Å². The first-order chi connectivity index (χ1) is 28.3. The van der Waals surface area contributed by atoms with Crippen molar-refractivity contribution < 1.29 is 4.42 Å². The monoisotopic (exact) mass is 745 g/mol. The van der Waals surface area contributed by atoms with Crippen molar-refractivity contribution in [3.05, 3.63) is 199 Å². The van der Waals surface area contributed by atoms with E-state index >= 15 is 0 Å². The van der Waals surface area contributed by atoms with Crippen molar-refractivity contribution >= 4 is 53.4 Å². The van der Waals surface area contributed by atoms with Crippen LogP contribution in [0.3, 0.4) is 0 Å². The van der Waals surface area contributed by atoms with Crippen LogP contribution in [0.15, 0.2) is 186 Å². The average molecular weight is 746 g/mol. The molecule has 3 aromatic heterocycles. The van der Waals surface area contributed by atoms with Gasteiger partial charge in [-0.05, 0) is 51.6 Å². The van der Waals surface area contributed by atoms with Crippen LogP contribution in [0.2, 0.25) is 0 Å². The molecule has 266 valence electrons. The van der Waals surface area contributed by atoms with Crippen LogP contribution in [0.4, 0.5) is 0 Å². The Morgan fingerprint density at radius 1 is 0.404 bits per heavy atom. The van der Waals surface area contributed by atoms with E-state index in [4.69, 9.17) is 19.4 Å². The average Bonchev–Trinajstić information content (AvgIpc) is 3.96. The highest BCUT2D eigenvalue weighted by molar-refractivity contribution is 7.26. The lowest BCUT2D eigenvalue weighted by atomic mass is 9.88. The Bertz CT molecular complexity index is 3260. The second kappa shape index (κ2) is 12.7. The molecule has 0 fully saturated rings. The van der Waals surface area contributed by atoms with Crippen LogP contribution in [0.25, 0.3) is 98.5 Å². The van der Waals surface area contributed by atoms with E-state index < -0.39 is 0 Å². The highest BCUT2D eigenvalue weighted by Gasteiger charge is 2.32. The fraction of sp³-hybridized carbons (Fsp3) is 0.0192. The van der Waals surface area contributed by atoms with E-state index in [1.807, 2.05) is 60.7 Å². The van der Waals surface area contributed by atoms with Gasteiger partial charge >= 0.3 is 0 Å². The number of hydrogen-bond donors (Lipinski definition) is 0. The third-order valence-corrected chi connectivity index (χ3v) is 12.6.